The fourth-order valence-electron chi connectivity index (χ4n) is 3.57. The van der Waals surface area contributed by atoms with Crippen LogP contribution in [-0.4, -0.2) is 40.0 Å². The van der Waals surface area contributed by atoms with Crippen molar-refractivity contribution < 1.29 is 13.2 Å². The predicted molar refractivity (Wildman–Crippen MR) is 109 cm³/mol. The van der Waals surface area contributed by atoms with Gasteiger partial charge >= 0.3 is 0 Å². The molecule has 1 atom stereocenters. The molecule has 0 saturated carbocycles. The average Bonchev–Trinajstić information content (AvgIpc) is 3.37. The standard InChI is InChI=1S/C19H20N4O3S2/c1-2-13-7-3-4-8-14(13)20-19(24)16-10-6-12-23(16)28(25,26)17-11-5-9-15-18(17)22-27-21-15/h3-5,7-9,11,16H,2,6,10,12H2,1H3,(H,20,24)/t16-/m0/s1. The Balaban J connectivity index is 1.64. The van der Waals surface area contributed by atoms with Crippen LogP contribution < -0.4 is 5.32 Å². The van der Waals surface area contributed by atoms with Gasteiger partial charge in [-0.1, -0.05) is 31.2 Å². The molecule has 0 spiro atoms. The van der Waals surface area contributed by atoms with Gasteiger partial charge in [0.25, 0.3) is 0 Å². The fourth-order valence-corrected chi connectivity index (χ4v) is 5.98. The molecule has 146 valence electrons. The van der Waals surface area contributed by atoms with Crippen LogP contribution in [0.25, 0.3) is 11.0 Å². The molecule has 0 aliphatic carbocycles. The minimum atomic E-state index is -3.86. The molecule has 1 N–H and O–H groups in total. The van der Waals surface area contributed by atoms with Gasteiger partial charge in [0.15, 0.2) is 0 Å². The zero-order valence-corrected chi connectivity index (χ0v) is 17.0. The summed E-state index contributed by atoms with van der Waals surface area (Å²) in [5.74, 6) is -0.300. The van der Waals surface area contributed by atoms with E-state index in [0.717, 1.165) is 29.4 Å². The maximum atomic E-state index is 13.3. The zero-order chi connectivity index (χ0) is 19.7. The monoisotopic (exact) mass is 416 g/mol. The number of hydrogen-bond acceptors (Lipinski definition) is 6. The number of sulfonamides is 1. The van der Waals surface area contributed by atoms with E-state index in [2.05, 4.69) is 14.1 Å². The molecule has 0 unspecified atom stereocenters. The lowest BCUT2D eigenvalue weighted by molar-refractivity contribution is -0.119. The SMILES string of the molecule is CCc1ccccc1NC(=O)[C@@H]1CCCN1S(=O)(=O)c1cccc2nsnc12. The lowest BCUT2D eigenvalue weighted by Crippen LogP contribution is -2.43. The molecule has 3 aromatic rings. The first-order valence-electron chi connectivity index (χ1n) is 9.14. The molecule has 1 aliphatic rings. The molecule has 1 fully saturated rings. The van der Waals surface area contributed by atoms with Crippen molar-refractivity contribution in [2.45, 2.75) is 37.1 Å². The van der Waals surface area contributed by atoms with Crippen molar-refractivity contribution in [1.29, 1.82) is 0 Å². The van der Waals surface area contributed by atoms with Gasteiger partial charge in [-0.05, 0) is 43.0 Å². The fraction of sp³-hybridized carbons (Fsp3) is 0.316. The maximum absolute atomic E-state index is 13.3. The van der Waals surface area contributed by atoms with Crippen LogP contribution in [0, 0.1) is 0 Å². The highest BCUT2D eigenvalue weighted by atomic mass is 32.2. The number of nitrogens with zero attached hydrogens (tertiary/aromatic N) is 3. The van der Waals surface area contributed by atoms with Crippen molar-refractivity contribution in [3.63, 3.8) is 0 Å². The van der Waals surface area contributed by atoms with Crippen molar-refractivity contribution in [3.05, 3.63) is 48.0 Å². The highest BCUT2D eigenvalue weighted by molar-refractivity contribution is 7.89. The number of rotatable bonds is 5. The van der Waals surface area contributed by atoms with Gasteiger partial charge in [-0.3, -0.25) is 4.79 Å². The van der Waals surface area contributed by atoms with E-state index in [0.29, 0.717) is 30.4 Å². The van der Waals surface area contributed by atoms with Gasteiger partial charge in [-0.15, -0.1) is 0 Å². The molecule has 7 nitrogen and oxygen atoms in total. The third-order valence-corrected chi connectivity index (χ3v) is 7.48. The molecule has 2 heterocycles. The van der Waals surface area contributed by atoms with Crippen LogP contribution in [-0.2, 0) is 21.2 Å². The van der Waals surface area contributed by atoms with Crippen molar-refractivity contribution >= 4 is 44.4 Å². The predicted octanol–water partition coefficient (Wildman–Crippen LogP) is 3.05. The number of nitrogens with one attached hydrogen (secondary N) is 1. The van der Waals surface area contributed by atoms with E-state index in [9.17, 15) is 13.2 Å². The summed E-state index contributed by atoms with van der Waals surface area (Å²) in [4.78, 5) is 13.0. The van der Waals surface area contributed by atoms with E-state index in [1.807, 2.05) is 31.2 Å². The largest absolute Gasteiger partial charge is 0.324 e. The second-order valence-electron chi connectivity index (χ2n) is 6.66. The Hall–Kier alpha value is -2.36. The van der Waals surface area contributed by atoms with Crippen molar-refractivity contribution in [2.24, 2.45) is 0 Å². The second-order valence-corrected chi connectivity index (χ2v) is 9.05. The third-order valence-electron chi connectivity index (χ3n) is 5.00. The Morgan fingerprint density at radius 3 is 2.86 bits per heavy atom. The van der Waals surface area contributed by atoms with Crippen molar-refractivity contribution in [2.75, 3.05) is 11.9 Å². The summed E-state index contributed by atoms with van der Waals surface area (Å²) in [5, 5.41) is 2.92. The molecular weight excluding hydrogens is 396 g/mol. The van der Waals surface area contributed by atoms with E-state index in [4.69, 9.17) is 0 Å². The highest BCUT2D eigenvalue weighted by Crippen LogP contribution is 2.30. The summed E-state index contributed by atoms with van der Waals surface area (Å²) in [7, 11) is -3.86. The van der Waals surface area contributed by atoms with Crippen LogP contribution in [0.5, 0.6) is 0 Å². The van der Waals surface area contributed by atoms with Gasteiger partial charge in [0, 0.05) is 12.2 Å². The van der Waals surface area contributed by atoms with Gasteiger partial charge in [0.1, 0.15) is 22.0 Å². The second kappa shape index (κ2) is 7.57. The quantitative estimate of drug-likeness (QED) is 0.690. The molecule has 2 aromatic carbocycles. The van der Waals surface area contributed by atoms with Crippen LogP contribution in [0.2, 0.25) is 0 Å². The minimum Gasteiger partial charge on any atom is -0.324 e. The average molecular weight is 417 g/mol. The van der Waals surface area contributed by atoms with Crippen LogP contribution in [0.3, 0.4) is 0 Å². The first-order chi connectivity index (χ1) is 13.5. The first-order valence-corrected chi connectivity index (χ1v) is 11.3. The Morgan fingerprint density at radius 1 is 1.21 bits per heavy atom. The molecule has 4 rings (SSSR count). The molecule has 0 bridgehead atoms. The number of para-hydroxylation sites is 1. The van der Waals surface area contributed by atoms with Gasteiger partial charge in [0.2, 0.25) is 15.9 Å². The van der Waals surface area contributed by atoms with Crippen LogP contribution in [0.4, 0.5) is 5.69 Å². The lowest BCUT2D eigenvalue weighted by Gasteiger charge is -2.24. The summed E-state index contributed by atoms with van der Waals surface area (Å²) < 4.78 is 36.2. The summed E-state index contributed by atoms with van der Waals surface area (Å²) in [6.45, 7) is 2.32. The molecule has 28 heavy (non-hydrogen) atoms. The van der Waals surface area contributed by atoms with Gasteiger partial charge < -0.3 is 5.32 Å². The lowest BCUT2D eigenvalue weighted by atomic mass is 10.1. The van der Waals surface area contributed by atoms with Crippen molar-refractivity contribution in [3.8, 4) is 0 Å². The minimum absolute atomic E-state index is 0.104. The van der Waals surface area contributed by atoms with E-state index >= 15 is 0 Å². The van der Waals surface area contributed by atoms with Crippen molar-refractivity contribution in [1.82, 2.24) is 13.1 Å². The van der Waals surface area contributed by atoms with Gasteiger partial charge in [0.05, 0.1) is 11.7 Å². The number of anilines is 1. The molecule has 1 aromatic heterocycles. The molecule has 1 aliphatic heterocycles. The van der Waals surface area contributed by atoms with E-state index in [1.165, 1.54) is 10.4 Å². The number of fused-ring (bicyclic) bond motifs is 1. The van der Waals surface area contributed by atoms with Crippen LogP contribution in [0.15, 0.2) is 47.4 Å². The number of carbonyl (C=O) groups excluding carboxylic acids is 1. The third kappa shape index (κ3) is 3.30. The Kier molecular flexibility index (Phi) is 5.13. The summed E-state index contributed by atoms with van der Waals surface area (Å²) in [6.07, 6.45) is 1.91. The van der Waals surface area contributed by atoms with Crippen LogP contribution in [0.1, 0.15) is 25.3 Å². The van der Waals surface area contributed by atoms with Gasteiger partial charge in [-0.2, -0.15) is 13.1 Å². The number of hydrogen-bond donors (Lipinski definition) is 1. The Labute approximate surface area is 167 Å². The van der Waals surface area contributed by atoms with E-state index in [1.54, 1.807) is 12.1 Å². The first kappa shape index (κ1) is 19.0. The Bertz CT molecular complexity index is 1130. The highest BCUT2D eigenvalue weighted by Gasteiger charge is 2.40. The maximum Gasteiger partial charge on any atom is 0.246 e. The number of aromatic nitrogens is 2. The molecule has 0 radical (unpaired) electrons. The summed E-state index contributed by atoms with van der Waals surface area (Å²) >= 11 is 0.976. The van der Waals surface area contributed by atoms with Crippen LogP contribution >= 0.6 is 11.7 Å². The molecule has 9 heteroatoms. The number of aryl methyl sites for hydroxylation is 1. The molecule has 1 saturated heterocycles. The zero-order valence-electron chi connectivity index (χ0n) is 15.3. The smallest absolute Gasteiger partial charge is 0.246 e. The summed E-state index contributed by atoms with van der Waals surface area (Å²) in [5.41, 5.74) is 2.64. The normalized spacial score (nSPS) is 17.8. The van der Waals surface area contributed by atoms with Gasteiger partial charge in [-0.25, -0.2) is 8.42 Å². The van der Waals surface area contributed by atoms with E-state index < -0.39 is 16.1 Å². The summed E-state index contributed by atoms with van der Waals surface area (Å²) in [6, 6.07) is 11.7. The van der Waals surface area contributed by atoms with E-state index in [-0.39, 0.29) is 10.8 Å². The number of amides is 1. The number of benzene rings is 2. The number of carbonyl (C=O) groups is 1. The topological polar surface area (TPSA) is 92.3 Å². The molecule has 1 amide bonds. The Morgan fingerprint density at radius 2 is 2.04 bits per heavy atom. The molecular formula is C19H20N4O3S2.